The monoisotopic (exact) mass is 375 g/mol. The second-order valence-corrected chi connectivity index (χ2v) is 7.32. The highest BCUT2D eigenvalue weighted by atomic mass is 32.2. The average molecular weight is 376 g/mol. The lowest BCUT2D eigenvalue weighted by atomic mass is 10.1. The number of hydrogen-bond acceptors (Lipinski definition) is 3. The van der Waals surface area contributed by atoms with Crippen LogP contribution < -0.4 is 10.1 Å². The Labute approximate surface area is 159 Å². The van der Waals surface area contributed by atoms with E-state index in [1.54, 1.807) is 23.9 Å². The largest absolute Gasteiger partial charge is 0.480 e. The fraction of sp³-hybridized carbons (Fsp3) is 0.381. The van der Waals surface area contributed by atoms with Crippen molar-refractivity contribution in [3.8, 4) is 5.75 Å². The number of amides is 1. The zero-order chi connectivity index (χ0) is 18.9. The maximum Gasteiger partial charge on any atom is 0.261 e. The second kappa shape index (κ2) is 10.2. The Morgan fingerprint density at radius 3 is 2.73 bits per heavy atom. The molecular formula is C21H26FNO2S. The van der Waals surface area contributed by atoms with Crippen molar-refractivity contribution in [2.75, 3.05) is 12.3 Å². The van der Waals surface area contributed by atoms with E-state index in [-0.39, 0.29) is 11.7 Å². The third-order valence-electron chi connectivity index (χ3n) is 4.04. The molecule has 0 unspecified atom stereocenters. The van der Waals surface area contributed by atoms with Gasteiger partial charge in [0.1, 0.15) is 11.6 Å². The first-order valence-electron chi connectivity index (χ1n) is 8.84. The Morgan fingerprint density at radius 2 is 2.00 bits per heavy atom. The van der Waals surface area contributed by atoms with E-state index < -0.39 is 6.10 Å². The highest BCUT2D eigenvalue weighted by Gasteiger charge is 2.18. The molecular weight excluding hydrogens is 349 g/mol. The molecule has 0 aliphatic rings. The second-order valence-electron chi connectivity index (χ2n) is 6.22. The fourth-order valence-corrected chi connectivity index (χ4v) is 3.31. The first-order chi connectivity index (χ1) is 12.5. The zero-order valence-electron chi connectivity index (χ0n) is 15.5. The molecule has 1 atom stereocenters. The van der Waals surface area contributed by atoms with Gasteiger partial charge in [-0.1, -0.05) is 37.3 Å². The van der Waals surface area contributed by atoms with Gasteiger partial charge in [-0.3, -0.25) is 4.79 Å². The van der Waals surface area contributed by atoms with E-state index in [9.17, 15) is 9.18 Å². The van der Waals surface area contributed by atoms with Crippen molar-refractivity contribution < 1.29 is 13.9 Å². The summed E-state index contributed by atoms with van der Waals surface area (Å²) in [5.41, 5.74) is 2.81. The van der Waals surface area contributed by atoms with Crippen LogP contribution >= 0.6 is 11.8 Å². The van der Waals surface area contributed by atoms with Gasteiger partial charge >= 0.3 is 0 Å². The van der Waals surface area contributed by atoms with Gasteiger partial charge in [0.05, 0.1) is 0 Å². The minimum absolute atomic E-state index is 0.111. The van der Waals surface area contributed by atoms with Crippen molar-refractivity contribution in [1.82, 2.24) is 5.32 Å². The lowest BCUT2D eigenvalue weighted by molar-refractivity contribution is -0.128. The van der Waals surface area contributed by atoms with Crippen molar-refractivity contribution in [2.45, 2.75) is 39.0 Å². The quantitative estimate of drug-likeness (QED) is 0.649. The number of rotatable bonds is 9. The van der Waals surface area contributed by atoms with Gasteiger partial charge in [0.25, 0.3) is 5.91 Å². The van der Waals surface area contributed by atoms with E-state index in [1.807, 2.05) is 45.0 Å². The molecule has 0 saturated heterocycles. The van der Waals surface area contributed by atoms with Gasteiger partial charge in [-0.15, -0.1) is 0 Å². The summed E-state index contributed by atoms with van der Waals surface area (Å²) < 4.78 is 19.5. The lowest BCUT2D eigenvalue weighted by Gasteiger charge is -2.19. The van der Waals surface area contributed by atoms with Gasteiger partial charge in [0, 0.05) is 18.1 Å². The number of benzene rings is 2. The summed E-state index contributed by atoms with van der Waals surface area (Å²) in [6.45, 7) is 6.44. The van der Waals surface area contributed by atoms with Crippen LogP contribution in [-0.2, 0) is 10.5 Å². The normalized spacial score (nSPS) is 11.8. The molecule has 0 aromatic heterocycles. The molecule has 5 heteroatoms. The molecule has 2 aromatic carbocycles. The summed E-state index contributed by atoms with van der Waals surface area (Å²) in [5.74, 6) is 1.77. The Balaban J connectivity index is 1.76. The van der Waals surface area contributed by atoms with E-state index in [2.05, 4.69) is 5.32 Å². The lowest BCUT2D eigenvalue weighted by Crippen LogP contribution is -2.39. The first-order valence-corrected chi connectivity index (χ1v) is 9.99. The molecule has 0 fully saturated rings. The van der Waals surface area contributed by atoms with Crippen LogP contribution in [0.3, 0.4) is 0 Å². The third-order valence-corrected chi connectivity index (χ3v) is 5.05. The summed E-state index contributed by atoms with van der Waals surface area (Å²) in [6, 6.07) is 12.7. The number of aryl methyl sites for hydroxylation is 2. The van der Waals surface area contributed by atoms with Crippen molar-refractivity contribution in [3.63, 3.8) is 0 Å². The van der Waals surface area contributed by atoms with Crippen LogP contribution in [0.5, 0.6) is 5.75 Å². The summed E-state index contributed by atoms with van der Waals surface area (Å²) in [5, 5.41) is 2.91. The number of nitrogens with one attached hydrogen (secondary N) is 1. The van der Waals surface area contributed by atoms with Gasteiger partial charge in [-0.2, -0.15) is 11.8 Å². The Kier molecular flexibility index (Phi) is 7.98. The third kappa shape index (κ3) is 6.06. The van der Waals surface area contributed by atoms with Gasteiger partial charge < -0.3 is 10.1 Å². The molecule has 0 bridgehead atoms. The molecule has 0 spiro atoms. The van der Waals surface area contributed by atoms with Crippen molar-refractivity contribution >= 4 is 17.7 Å². The van der Waals surface area contributed by atoms with Gasteiger partial charge in [-0.05, 0) is 49.1 Å². The maximum absolute atomic E-state index is 13.5. The van der Waals surface area contributed by atoms with Crippen LogP contribution in [0.2, 0.25) is 0 Å². The van der Waals surface area contributed by atoms with Crippen LogP contribution in [0, 0.1) is 19.7 Å². The molecule has 1 N–H and O–H groups in total. The molecule has 2 aromatic rings. The minimum Gasteiger partial charge on any atom is -0.480 e. The Hall–Kier alpha value is -2.01. The van der Waals surface area contributed by atoms with Crippen molar-refractivity contribution in [3.05, 3.63) is 65.0 Å². The Bertz CT molecular complexity index is 736. The predicted molar refractivity (Wildman–Crippen MR) is 106 cm³/mol. The standard InChI is InChI=1S/C21H26FNO2S/c1-4-19(25-20-13-15(2)9-10-16(20)3)21(24)23-11-12-26-14-17-7-5-6-8-18(17)22/h5-10,13,19H,4,11-12,14H2,1-3H3,(H,23,24)/t19-/m1/s1. The average Bonchev–Trinajstić information content (AvgIpc) is 2.63. The number of thioether (sulfide) groups is 1. The molecule has 0 saturated carbocycles. The molecule has 2 rings (SSSR count). The highest BCUT2D eigenvalue weighted by Crippen LogP contribution is 2.21. The number of carbonyl (C=O) groups excluding carboxylic acids is 1. The van der Waals surface area contributed by atoms with Crippen molar-refractivity contribution in [2.24, 2.45) is 0 Å². The van der Waals surface area contributed by atoms with Crippen LogP contribution in [0.4, 0.5) is 4.39 Å². The van der Waals surface area contributed by atoms with Gasteiger partial charge in [0.2, 0.25) is 0 Å². The number of halogens is 1. The number of carbonyl (C=O) groups is 1. The number of hydrogen-bond donors (Lipinski definition) is 1. The fourth-order valence-electron chi connectivity index (χ4n) is 2.47. The molecule has 3 nitrogen and oxygen atoms in total. The molecule has 0 aliphatic carbocycles. The summed E-state index contributed by atoms with van der Waals surface area (Å²) in [4.78, 5) is 12.4. The van der Waals surface area contributed by atoms with E-state index >= 15 is 0 Å². The molecule has 0 radical (unpaired) electrons. The molecule has 0 heterocycles. The van der Waals surface area contributed by atoms with E-state index in [4.69, 9.17) is 4.74 Å². The molecule has 140 valence electrons. The summed E-state index contributed by atoms with van der Waals surface area (Å²) >= 11 is 1.59. The summed E-state index contributed by atoms with van der Waals surface area (Å²) in [7, 11) is 0. The van der Waals surface area contributed by atoms with Crippen molar-refractivity contribution in [1.29, 1.82) is 0 Å². The molecule has 26 heavy (non-hydrogen) atoms. The van der Waals surface area contributed by atoms with E-state index in [0.29, 0.717) is 24.3 Å². The molecule has 0 aliphatic heterocycles. The molecule has 1 amide bonds. The van der Waals surface area contributed by atoms with Gasteiger partial charge in [0.15, 0.2) is 6.10 Å². The van der Waals surface area contributed by atoms with Crippen LogP contribution in [0.25, 0.3) is 0 Å². The van der Waals surface area contributed by atoms with E-state index in [1.165, 1.54) is 6.07 Å². The Morgan fingerprint density at radius 1 is 1.23 bits per heavy atom. The summed E-state index contributed by atoms with van der Waals surface area (Å²) in [6.07, 6.45) is 0.0914. The van der Waals surface area contributed by atoms with Gasteiger partial charge in [-0.25, -0.2) is 4.39 Å². The number of ether oxygens (including phenoxy) is 1. The first kappa shape index (κ1) is 20.3. The van der Waals surface area contributed by atoms with Crippen LogP contribution in [0.15, 0.2) is 42.5 Å². The smallest absolute Gasteiger partial charge is 0.261 e. The maximum atomic E-state index is 13.5. The predicted octanol–water partition coefficient (Wildman–Crippen LogP) is 4.65. The van der Waals surface area contributed by atoms with Crippen LogP contribution in [-0.4, -0.2) is 24.3 Å². The van der Waals surface area contributed by atoms with E-state index in [0.717, 1.165) is 22.6 Å². The highest BCUT2D eigenvalue weighted by molar-refractivity contribution is 7.98. The minimum atomic E-state index is -0.507. The SMILES string of the molecule is CC[C@@H](Oc1cc(C)ccc1C)C(=O)NCCSCc1ccccc1F. The topological polar surface area (TPSA) is 38.3 Å². The van der Waals surface area contributed by atoms with Crippen LogP contribution in [0.1, 0.15) is 30.0 Å². The zero-order valence-corrected chi connectivity index (χ0v) is 16.4.